The van der Waals surface area contributed by atoms with Crippen molar-refractivity contribution in [2.24, 2.45) is 0 Å². The van der Waals surface area contributed by atoms with Crippen LogP contribution < -0.4 is 5.32 Å². The Balaban J connectivity index is 1.52. The smallest absolute Gasteiger partial charge is 0.362 e. The number of thiophene rings is 1. The quantitative estimate of drug-likeness (QED) is 0.264. The summed E-state index contributed by atoms with van der Waals surface area (Å²) in [6.07, 6.45) is -4.73. The van der Waals surface area contributed by atoms with Crippen LogP contribution in [0.4, 0.5) is 19.0 Å². The molecule has 186 valence electrons. The van der Waals surface area contributed by atoms with Gasteiger partial charge in [-0.25, -0.2) is 4.68 Å². The number of benzene rings is 2. The molecule has 0 aliphatic carbocycles. The topological polar surface area (TPSA) is 50.2 Å². The van der Waals surface area contributed by atoms with Crippen LogP contribution in [0.2, 0.25) is 0 Å². The van der Waals surface area contributed by atoms with Crippen LogP contribution in [0.5, 0.6) is 0 Å². The highest BCUT2D eigenvalue weighted by Crippen LogP contribution is 2.47. The monoisotopic (exact) mass is 574 g/mol. The van der Waals surface area contributed by atoms with Crippen LogP contribution in [0.3, 0.4) is 0 Å². The van der Waals surface area contributed by atoms with Crippen LogP contribution >= 0.6 is 27.3 Å². The lowest BCUT2D eigenvalue weighted by Crippen LogP contribution is -2.35. The van der Waals surface area contributed by atoms with Crippen LogP contribution in [-0.2, 0) is 13.1 Å². The van der Waals surface area contributed by atoms with Gasteiger partial charge in [-0.2, -0.15) is 18.3 Å². The predicted molar refractivity (Wildman–Crippen MR) is 137 cm³/mol. The van der Waals surface area contributed by atoms with Crippen LogP contribution in [0, 0.1) is 0 Å². The minimum Gasteiger partial charge on any atom is -0.362 e. The van der Waals surface area contributed by atoms with E-state index < -0.39 is 24.2 Å². The molecular weight excluding hydrogens is 553 g/mol. The van der Waals surface area contributed by atoms with Crippen molar-refractivity contribution in [2.45, 2.75) is 37.8 Å². The normalized spacial score (nSPS) is 17.3. The molecule has 1 aliphatic heterocycles. The van der Waals surface area contributed by atoms with Gasteiger partial charge in [-0.05, 0) is 38.5 Å². The highest BCUT2D eigenvalue weighted by atomic mass is 79.9. The molecule has 0 unspecified atom stereocenters. The van der Waals surface area contributed by atoms with E-state index in [1.807, 2.05) is 78.2 Å². The lowest BCUT2D eigenvalue weighted by atomic mass is 10.0. The van der Waals surface area contributed by atoms with E-state index in [1.165, 1.54) is 11.3 Å². The van der Waals surface area contributed by atoms with Gasteiger partial charge in [0.2, 0.25) is 0 Å². The van der Waals surface area contributed by atoms with Gasteiger partial charge in [0.1, 0.15) is 5.82 Å². The number of fused-ring (bicyclic) bond motifs is 1. The Morgan fingerprint density at radius 3 is 2.17 bits per heavy atom. The number of anilines is 1. The zero-order valence-electron chi connectivity index (χ0n) is 19.0. The number of hydrogen-bond donors (Lipinski definition) is 1. The van der Waals surface area contributed by atoms with Crippen molar-refractivity contribution in [1.29, 1.82) is 0 Å². The number of aromatic nitrogens is 2. The van der Waals surface area contributed by atoms with Crippen molar-refractivity contribution >= 4 is 39.0 Å². The van der Waals surface area contributed by atoms with E-state index in [2.05, 4.69) is 26.3 Å². The van der Waals surface area contributed by atoms with Crippen molar-refractivity contribution in [3.63, 3.8) is 0 Å². The van der Waals surface area contributed by atoms with Gasteiger partial charge in [-0.15, -0.1) is 11.3 Å². The SMILES string of the molecule is O=C(c1nn2c(c1Br)N[C@@H](c1cccs1)C[C@H]2C(F)(F)F)N(Cc1ccccc1)Cc1ccccc1. The Bertz CT molecular complexity index is 1290. The molecule has 10 heteroatoms. The Labute approximate surface area is 218 Å². The molecular formula is C26H22BrF3N4OS. The standard InChI is InChI=1S/C26H22BrF3N4OS/c27-22-23(25(35)33(15-17-8-3-1-4-9-17)16-18-10-5-2-6-11-18)32-34-21(26(28,29)30)14-19(31-24(22)34)20-12-7-13-36-20/h1-13,19,21,31H,14-16H2/t19-,21+/m1/s1. The summed E-state index contributed by atoms with van der Waals surface area (Å²) in [7, 11) is 0. The second-order valence-electron chi connectivity index (χ2n) is 8.59. The molecule has 4 aromatic rings. The van der Waals surface area contributed by atoms with E-state index in [0.717, 1.165) is 20.7 Å². The zero-order valence-corrected chi connectivity index (χ0v) is 21.4. The summed E-state index contributed by atoms with van der Waals surface area (Å²) in [6.45, 7) is 0.578. The van der Waals surface area contributed by atoms with Gasteiger partial charge in [0.05, 0.1) is 10.5 Å². The van der Waals surface area contributed by atoms with E-state index in [1.54, 1.807) is 4.90 Å². The van der Waals surface area contributed by atoms with Crippen LogP contribution in [0.15, 0.2) is 82.6 Å². The molecule has 0 fully saturated rings. The number of nitrogens with zero attached hydrogens (tertiary/aromatic N) is 3. The molecule has 0 saturated heterocycles. The number of alkyl halides is 3. The average molecular weight is 575 g/mol. The zero-order chi connectivity index (χ0) is 25.3. The van der Waals surface area contributed by atoms with Crippen LogP contribution in [0.1, 0.15) is 45.0 Å². The summed E-state index contributed by atoms with van der Waals surface area (Å²) in [4.78, 5) is 16.2. The third-order valence-corrected chi connectivity index (χ3v) is 7.84. The Morgan fingerprint density at radius 1 is 1.03 bits per heavy atom. The third kappa shape index (κ3) is 5.05. The number of carbonyl (C=O) groups is 1. The van der Waals surface area contributed by atoms with Gasteiger partial charge in [-0.3, -0.25) is 4.79 Å². The molecule has 1 N–H and O–H groups in total. The number of hydrogen-bond acceptors (Lipinski definition) is 4. The molecule has 0 bridgehead atoms. The van der Waals surface area contributed by atoms with E-state index in [-0.39, 0.29) is 35.5 Å². The number of carbonyl (C=O) groups excluding carboxylic acids is 1. The number of rotatable bonds is 6. The van der Waals surface area contributed by atoms with Gasteiger partial charge < -0.3 is 10.2 Å². The highest BCUT2D eigenvalue weighted by molar-refractivity contribution is 9.10. The molecule has 3 heterocycles. The molecule has 0 radical (unpaired) electrons. The second-order valence-corrected chi connectivity index (χ2v) is 10.4. The maximum absolute atomic E-state index is 14.1. The Hall–Kier alpha value is -3.11. The summed E-state index contributed by atoms with van der Waals surface area (Å²) in [5.74, 6) is -0.295. The van der Waals surface area contributed by atoms with E-state index in [9.17, 15) is 18.0 Å². The summed E-state index contributed by atoms with van der Waals surface area (Å²) < 4.78 is 43.5. The van der Waals surface area contributed by atoms with Gasteiger partial charge >= 0.3 is 6.18 Å². The van der Waals surface area contributed by atoms with Crippen molar-refractivity contribution in [3.05, 3.63) is 104 Å². The number of halogens is 4. The molecule has 2 atom stereocenters. The Morgan fingerprint density at radius 2 is 1.64 bits per heavy atom. The fraction of sp³-hybridized carbons (Fsp3) is 0.231. The summed E-state index contributed by atoms with van der Waals surface area (Å²) in [6, 6.07) is 20.2. The average Bonchev–Trinajstić information content (AvgIpc) is 3.52. The van der Waals surface area contributed by atoms with E-state index >= 15 is 0 Å². The minimum atomic E-state index is -4.52. The van der Waals surface area contributed by atoms with Crippen LogP contribution in [-0.4, -0.2) is 26.8 Å². The molecule has 5 nitrogen and oxygen atoms in total. The Kier molecular flexibility index (Phi) is 6.90. The largest absolute Gasteiger partial charge is 0.410 e. The predicted octanol–water partition coefficient (Wildman–Crippen LogP) is 7.21. The van der Waals surface area contributed by atoms with Gasteiger partial charge in [0, 0.05) is 24.4 Å². The summed E-state index contributed by atoms with van der Waals surface area (Å²) in [5, 5.41) is 9.23. The first-order valence-corrected chi connectivity index (χ1v) is 13.0. The molecule has 5 rings (SSSR count). The van der Waals surface area contributed by atoms with Crippen molar-refractivity contribution < 1.29 is 18.0 Å². The fourth-order valence-corrected chi connectivity index (χ4v) is 5.69. The van der Waals surface area contributed by atoms with Gasteiger partial charge in [0.15, 0.2) is 11.7 Å². The minimum absolute atomic E-state index is 0.0505. The van der Waals surface area contributed by atoms with E-state index in [0.29, 0.717) is 0 Å². The molecule has 0 saturated carbocycles. The molecule has 2 aromatic heterocycles. The number of amides is 1. The molecule has 1 aliphatic rings. The first-order valence-electron chi connectivity index (χ1n) is 11.3. The maximum atomic E-state index is 14.1. The van der Waals surface area contributed by atoms with Crippen molar-refractivity contribution in [3.8, 4) is 0 Å². The molecule has 36 heavy (non-hydrogen) atoms. The maximum Gasteiger partial charge on any atom is 0.410 e. The number of nitrogens with one attached hydrogen (secondary N) is 1. The van der Waals surface area contributed by atoms with Gasteiger partial charge in [-0.1, -0.05) is 66.7 Å². The fourth-order valence-electron chi connectivity index (χ4n) is 4.36. The molecule has 1 amide bonds. The first-order chi connectivity index (χ1) is 17.3. The second kappa shape index (κ2) is 10.1. The van der Waals surface area contributed by atoms with Crippen molar-refractivity contribution in [2.75, 3.05) is 5.32 Å². The lowest BCUT2D eigenvalue weighted by Gasteiger charge is -2.33. The van der Waals surface area contributed by atoms with Gasteiger partial charge in [0.25, 0.3) is 5.91 Å². The van der Waals surface area contributed by atoms with Crippen LogP contribution in [0.25, 0.3) is 0 Å². The molecule has 0 spiro atoms. The lowest BCUT2D eigenvalue weighted by molar-refractivity contribution is -0.173. The summed E-state index contributed by atoms with van der Waals surface area (Å²) in [5.41, 5.74) is 1.77. The molecule has 2 aromatic carbocycles. The first kappa shape index (κ1) is 24.6. The summed E-state index contributed by atoms with van der Waals surface area (Å²) >= 11 is 4.80. The van der Waals surface area contributed by atoms with Crippen molar-refractivity contribution in [1.82, 2.24) is 14.7 Å². The highest BCUT2D eigenvalue weighted by Gasteiger charge is 2.48. The van der Waals surface area contributed by atoms with E-state index in [4.69, 9.17) is 0 Å². The third-order valence-electron chi connectivity index (χ3n) is 6.10.